The lowest BCUT2D eigenvalue weighted by Crippen LogP contribution is -2.22. The van der Waals surface area contributed by atoms with Gasteiger partial charge in [0, 0.05) is 0 Å². The normalized spacial score (nSPS) is 40.7. The molecule has 0 radical (unpaired) electrons. The van der Waals surface area contributed by atoms with Gasteiger partial charge in [-0.2, -0.15) is 0 Å². The van der Waals surface area contributed by atoms with Gasteiger partial charge >= 0.3 is 0 Å². The minimum absolute atomic E-state index is 0.309. The van der Waals surface area contributed by atoms with E-state index in [9.17, 15) is 4.79 Å². The van der Waals surface area contributed by atoms with Gasteiger partial charge < -0.3 is 0 Å². The molecule has 1 heteroatoms. The Morgan fingerprint density at radius 3 is 2.67 bits per heavy atom. The Hall–Kier alpha value is -0.590. The maximum atomic E-state index is 10.4. The predicted molar refractivity (Wildman–Crippen MR) is 48.8 cm³/mol. The van der Waals surface area contributed by atoms with Crippen molar-refractivity contribution < 1.29 is 4.79 Å². The molecule has 0 N–H and O–H groups in total. The van der Waals surface area contributed by atoms with E-state index in [1.165, 1.54) is 24.8 Å². The molecule has 0 aromatic carbocycles. The highest BCUT2D eigenvalue weighted by Gasteiger charge is 2.48. The molecule has 2 aliphatic rings. The van der Waals surface area contributed by atoms with E-state index in [0.717, 1.165) is 18.1 Å². The zero-order valence-electron chi connectivity index (χ0n) is 7.84. The van der Waals surface area contributed by atoms with Gasteiger partial charge in [-0.3, -0.25) is 4.79 Å². The van der Waals surface area contributed by atoms with Crippen LogP contribution < -0.4 is 0 Å². The number of aldehydes is 1. The van der Waals surface area contributed by atoms with Crippen molar-refractivity contribution in [2.24, 2.45) is 17.3 Å². The summed E-state index contributed by atoms with van der Waals surface area (Å²) in [6, 6.07) is 0. The van der Waals surface area contributed by atoms with Crippen LogP contribution in [0.1, 0.15) is 33.1 Å². The molecule has 2 rings (SSSR count). The molecular formula is C11H16O. The van der Waals surface area contributed by atoms with Crippen molar-refractivity contribution in [1.29, 1.82) is 0 Å². The van der Waals surface area contributed by atoms with Gasteiger partial charge in [0.15, 0.2) is 0 Å². The zero-order chi connectivity index (χ0) is 8.77. The Morgan fingerprint density at radius 1 is 1.42 bits per heavy atom. The topological polar surface area (TPSA) is 17.1 Å². The first-order chi connectivity index (χ1) is 5.66. The van der Waals surface area contributed by atoms with Crippen LogP contribution in [0.3, 0.4) is 0 Å². The fraction of sp³-hybridized carbons (Fsp3) is 0.727. The van der Waals surface area contributed by atoms with Gasteiger partial charge in [0.2, 0.25) is 0 Å². The lowest BCUT2D eigenvalue weighted by atomic mass is 9.73. The zero-order valence-corrected chi connectivity index (χ0v) is 7.84. The number of carbonyl (C=O) groups is 1. The van der Waals surface area contributed by atoms with Crippen molar-refractivity contribution in [3.05, 3.63) is 11.6 Å². The number of hydrogen-bond donors (Lipinski definition) is 0. The fourth-order valence-electron chi connectivity index (χ4n) is 3.11. The Kier molecular flexibility index (Phi) is 1.64. The Morgan fingerprint density at radius 2 is 2.17 bits per heavy atom. The largest absolute Gasteiger partial charge is 0.299 e. The molecule has 1 nitrogen and oxygen atoms in total. The van der Waals surface area contributed by atoms with Gasteiger partial charge in [-0.1, -0.05) is 19.4 Å². The molecule has 2 aliphatic carbocycles. The second-order valence-electron chi connectivity index (χ2n) is 4.69. The molecule has 0 heterocycles. The quantitative estimate of drug-likeness (QED) is 0.430. The van der Waals surface area contributed by atoms with Crippen LogP contribution in [0.5, 0.6) is 0 Å². The maximum Gasteiger partial charge on any atom is 0.142 e. The van der Waals surface area contributed by atoms with Crippen molar-refractivity contribution in [3.63, 3.8) is 0 Å². The molecule has 0 aromatic rings. The number of fused-ring (bicyclic) bond motifs is 2. The van der Waals surface area contributed by atoms with Gasteiger partial charge in [0.1, 0.15) is 6.29 Å². The number of hydrogen-bond acceptors (Lipinski definition) is 1. The minimum atomic E-state index is 0.309. The van der Waals surface area contributed by atoms with Crippen molar-refractivity contribution in [2.45, 2.75) is 33.1 Å². The molecule has 2 fully saturated rings. The van der Waals surface area contributed by atoms with Gasteiger partial charge in [0.05, 0.1) is 0 Å². The van der Waals surface area contributed by atoms with Crippen LogP contribution in [0.25, 0.3) is 0 Å². The Labute approximate surface area is 73.8 Å². The van der Waals surface area contributed by atoms with E-state index in [2.05, 4.69) is 13.8 Å². The molecule has 0 unspecified atom stereocenters. The first-order valence-corrected chi connectivity index (χ1v) is 4.82. The monoisotopic (exact) mass is 164 g/mol. The standard InChI is InChI=1S/C11H16O/c1-11(2)9-4-3-8(7-9)10(11)5-6-12/h5-6,8-9H,3-4,7H2,1-2H3/b10-5+/t8-,9-/m0/s1. The number of allylic oxidation sites excluding steroid dienone is 2. The lowest BCUT2D eigenvalue weighted by Gasteiger charge is -2.32. The van der Waals surface area contributed by atoms with E-state index < -0.39 is 0 Å². The number of carbonyl (C=O) groups excluding carboxylic acids is 1. The first kappa shape index (κ1) is 8.03. The molecule has 0 aliphatic heterocycles. The first-order valence-electron chi connectivity index (χ1n) is 4.82. The SMILES string of the molecule is CC1(C)/C(=C/C=O)[C@H]2CC[C@H]1C2. The van der Waals surface area contributed by atoms with Crippen LogP contribution in [0.4, 0.5) is 0 Å². The van der Waals surface area contributed by atoms with Crippen molar-refractivity contribution in [2.75, 3.05) is 0 Å². The predicted octanol–water partition coefficient (Wildman–Crippen LogP) is 2.57. The highest BCUT2D eigenvalue weighted by molar-refractivity contribution is 5.67. The van der Waals surface area contributed by atoms with E-state index >= 15 is 0 Å². The second-order valence-corrected chi connectivity index (χ2v) is 4.69. The van der Waals surface area contributed by atoms with Crippen molar-refractivity contribution in [3.8, 4) is 0 Å². The second kappa shape index (κ2) is 2.45. The molecule has 0 spiro atoms. The molecule has 66 valence electrons. The van der Waals surface area contributed by atoms with E-state index in [-0.39, 0.29) is 0 Å². The van der Waals surface area contributed by atoms with Crippen LogP contribution in [0.2, 0.25) is 0 Å². The molecule has 0 aromatic heterocycles. The summed E-state index contributed by atoms with van der Waals surface area (Å²) in [7, 11) is 0. The maximum absolute atomic E-state index is 10.4. The number of rotatable bonds is 1. The summed E-state index contributed by atoms with van der Waals surface area (Å²) >= 11 is 0. The third kappa shape index (κ3) is 0.886. The molecule has 12 heavy (non-hydrogen) atoms. The molecule has 0 amide bonds. The Bertz CT molecular complexity index is 237. The molecular weight excluding hydrogens is 148 g/mol. The summed E-state index contributed by atoms with van der Waals surface area (Å²) in [5.41, 5.74) is 1.72. The smallest absolute Gasteiger partial charge is 0.142 e. The van der Waals surface area contributed by atoms with Crippen LogP contribution in [-0.2, 0) is 4.79 Å². The van der Waals surface area contributed by atoms with Gasteiger partial charge in [-0.25, -0.2) is 0 Å². The van der Waals surface area contributed by atoms with Gasteiger partial charge in [0.25, 0.3) is 0 Å². The minimum Gasteiger partial charge on any atom is -0.299 e. The highest BCUT2D eigenvalue weighted by Crippen LogP contribution is 2.58. The molecule has 2 atom stereocenters. The average Bonchev–Trinajstić information content (AvgIpc) is 2.53. The molecule has 2 bridgehead atoms. The summed E-state index contributed by atoms with van der Waals surface area (Å²) in [5.74, 6) is 1.57. The summed E-state index contributed by atoms with van der Waals surface area (Å²) in [6.45, 7) is 4.57. The van der Waals surface area contributed by atoms with Crippen molar-refractivity contribution >= 4 is 6.29 Å². The highest BCUT2D eigenvalue weighted by atomic mass is 16.1. The third-order valence-electron chi connectivity index (χ3n) is 3.88. The summed E-state index contributed by atoms with van der Waals surface area (Å²) in [4.78, 5) is 10.4. The van der Waals surface area contributed by atoms with Crippen LogP contribution >= 0.6 is 0 Å². The van der Waals surface area contributed by atoms with Gasteiger partial charge in [-0.05, 0) is 42.6 Å². The van der Waals surface area contributed by atoms with Crippen LogP contribution in [0.15, 0.2) is 11.6 Å². The summed E-state index contributed by atoms with van der Waals surface area (Å²) in [5, 5.41) is 0. The molecule has 2 saturated carbocycles. The van der Waals surface area contributed by atoms with Crippen LogP contribution in [0, 0.1) is 17.3 Å². The Balaban J connectivity index is 2.35. The van der Waals surface area contributed by atoms with E-state index in [1.807, 2.05) is 6.08 Å². The fourth-order valence-corrected chi connectivity index (χ4v) is 3.11. The molecule has 0 saturated heterocycles. The average molecular weight is 164 g/mol. The summed E-state index contributed by atoms with van der Waals surface area (Å²) < 4.78 is 0. The van der Waals surface area contributed by atoms with E-state index in [4.69, 9.17) is 0 Å². The lowest BCUT2D eigenvalue weighted by molar-refractivity contribution is -0.104. The van der Waals surface area contributed by atoms with Crippen LogP contribution in [-0.4, -0.2) is 6.29 Å². The van der Waals surface area contributed by atoms with E-state index in [1.54, 1.807) is 0 Å². The van der Waals surface area contributed by atoms with E-state index in [0.29, 0.717) is 5.41 Å². The van der Waals surface area contributed by atoms with Gasteiger partial charge in [-0.15, -0.1) is 0 Å². The third-order valence-corrected chi connectivity index (χ3v) is 3.88. The van der Waals surface area contributed by atoms with Crippen molar-refractivity contribution in [1.82, 2.24) is 0 Å². The summed E-state index contributed by atoms with van der Waals surface area (Å²) in [6.07, 6.45) is 6.77.